The zero-order chi connectivity index (χ0) is 19.2. The van der Waals surface area contributed by atoms with Crippen molar-refractivity contribution in [3.63, 3.8) is 0 Å². The Morgan fingerprint density at radius 3 is 2.67 bits per heavy atom. The van der Waals surface area contributed by atoms with Crippen molar-refractivity contribution in [1.29, 1.82) is 0 Å². The van der Waals surface area contributed by atoms with Gasteiger partial charge in [0.25, 0.3) is 0 Å². The van der Waals surface area contributed by atoms with E-state index in [4.69, 9.17) is 4.74 Å². The van der Waals surface area contributed by atoms with Gasteiger partial charge in [-0.1, -0.05) is 24.3 Å². The van der Waals surface area contributed by atoms with E-state index >= 15 is 0 Å². The number of hydrogen-bond acceptors (Lipinski definition) is 5. The Labute approximate surface area is 162 Å². The summed E-state index contributed by atoms with van der Waals surface area (Å²) in [7, 11) is 3.62. The highest BCUT2D eigenvalue weighted by atomic mass is 32.1. The summed E-state index contributed by atoms with van der Waals surface area (Å²) < 4.78 is 20.1. The predicted octanol–water partition coefficient (Wildman–Crippen LogP) is 3.40. The summed E-state index contributed by atoms with van der Waals surface area (Å²) in [6.45, 7) is 1.53. The van der Waals surface area contributed by atoms with E-state index in [1.807, 2.05) is 36.2 Å². The van der Waals surface area contributed by atoms with E-state index in [1.165, 1.54) is 6.07 Å². The molecule has 7 heteroatoms. The lowest BCUT2D eigenvalue weighted by Gasteiger charge is -2.21. The van der Waals surface area contributed by atoms with Gasteiger partial charge in [0.05, 0.1) is 29.9 Å². The molecule has 0 aliphatic heterocycles. The summed E-state index contributed by atoms with van der Waals surface area (Å²) >= 11 is 1.64. The van der Waals surface area contributed by atoms with Gasteiger partial charge in [-0.3, -0.25) is 9.69 Å². The number of ether oxygens (including phenoxy) is 1. The SMILES string of the molecule is CN(CC(=O)N(C)CCOc1ccccc1F)Cc1nc2ccccc2s1. The van der Waals surface area contributed by atoms with Crippen LogP contribution in [0.25, 0.3) is 10.2 Å². The number of rotatable bonds is 8. The number of nitrogens with zero attached hydrogens (tertiary/aromatic N) is 3. The molecule has 0 saturated heterocycles. The molecular weight excluding hydrogens is 365 g/mol. The van der Waals surface area contributed by atoms with Crippen molar-refractivity contribution in [1.82, 2.24) is 14.8 Å². The highest BCUT2D eigenvalue weighted by molar-refractivity contribution is 7.18. The second kappa shape index (κ2) is 8.92. The minimum atomic E-state index is -0.401. The summed E-state index contributed by atoms with van der Waals surface area (Å²) in [5, 5.41) is 0.983. The molecule has 3 rings (SSSR count). The minimum Gasteiger partial charge on any atom is -0.489 e. The first-order valence-electron chi connectivity index (χ1n) is 8.67. The number of carbonyl (C=O) groups is 1. The van der Waals surface area contributed by atoms with E-state index in [9.17, 15) is 9.18 Å². The summed E-state index contributed by atoms with van der Waals surface area (Å²) in [4.78, 5) is 20.5. The Bertz CT molecular complexity index is 882. The smallest absolute Gasteiger partial charge is 0.236 e. The maximum Gasteiger partial charge on any atom is 0.236 e. The number of thiazole rings is 1. The van der Waals surface area contributed by atoms with Crippen molar-refractivity contribution in [2.24, 2.45) is 0 Å². The largest absolute Gasteiger partial charge is 0.489 e. The Morgan fingerprint density at radius 1 is 1.15 bits per heavy atom. The third-order valence-corrected chi connectivity index (χ3v) is 5.12. The topological polar surface area (TPSA) is 45.7 Å². The number of carbonyl (C=O) groups excluding carboxylic acids is 1. The van der Waals surface area contributed by atoms with E-state index in [2.05, 4.69) is 4.98 Å². The summed E-state index contributed by atoms with van der Waals surface area (Å²) in [5.41, 5.74) is 0.986. The zero-order valence-corrected chi connectivity index (χ0v) is 16.2. The Balaban J connectivity index is 1.45. The predicted molar refractivity (Wildman–Crippen MR) is 105 cm³/mol. The molecule has 0 aliphatic carbocycles. The number of halogens is 1. The molecule has 0 aliphatic rings. The van der Waals surface area contributed by atoms with Crippen LogP contribution in [-0.2, 0) is 11.3 Å². The molecule has 0 unspecified atom stereocenters. The van der Waals surface area contributed by atoms with Crippen molar-refractivity contribution in [3.8, 4) is 5.75 Å². The van der Waals surface area contributed by atoms with Crippen LogP contribution in [0.4, 0.5) is 4.39 Å². The number of likely N-dealkylation sites (N-methyl/N-ethyl adjacent to an activating group) is 2. The molecule has 1 aromatic heterocycles. The van der Waals surface area contributed by atoms with E-state index in [-0.39, 0.29) is 24.8 Å². The Morgan fingerprint density at radius 2 is 1.89 bits per heavy atom. The first-order chi connectivity index (χ1) is 13.0. The molecule has 0 N–H and O–H groups in total. The van der Waals surface area contributed by atoms with E-state index in [0.29, 0.717) is 13.1 Å². The maximum absolute atomic E-state index is 13.5. The van der Waals surface area contributed by atoms with Crippen LogP contribution < -0.4 is 4.74 Å². The first-order valence-corrected chi connectivity index (χ1v) is 9.49. The molecule has 1 amide bonds. The van der Waals surface area contributed by atoms with E-state index < -0.39 is 5.82 Å². The number of benzene rings is 2. The quantitative estimate of drug-likeness (QED) is 0.594. The number of fused-ring (bicyclic) bond motifs is 1. The molecule has 5 nitrogen and oxygen atoms in total. The lowest BCUT2D eigenvalue weighted by molar-refractivity contribution is -0.131. The Kier molecular flexibility index (Phi) is 6.36. The van der Waals surface area contributed by atoms with Gasteiger partial charge in [0, 0.05) is 7.05 Å². The van der Waals surface area contributed by atoms with Crippen LogP contribution in [0.5, 0.6) is 5.75 Å². The third-order valence-electron chi connectivity index (χ3n) is 4.10. The van der Waals surface area contributed by atoms with Crippen LogP contribution in [-0.4, -0.2) is 54.5 Å². The van der Waals surface area contributed by atoms with Gasteiger partial charge in [-0.25, -0.2) is 9.37 Å². The van der Waals surface area contributed by atoms with Crippen LogP contribution in [0, 0.1) is 5.82 Å². The van der Waals surface area contributed by atoms with Crippen molar-refractivity contribution in [2.45, 2.75) is 6.54 Å². The van der Waals surface area contributed by atoms with Crippen LogP contribution in [0.2, 0.25) is 0 Å². The molecule has 27 heavy (non-hydrogen) atoms. The fourth-order valence-electron chi connectivity index (χ4n) is 2.60. The standard InChI is InChI=1S/C20H22FN3O2S/c1-23(13-19-22-16-8-4-6-10-18(16)27-19)14-20(25)24(2)11-12-26-17-9-5-3-7-15(17)21/h3-10H,11-14H2,1-2H3. The molecule has 142 valence electrons. The lowest BCUT2D eigenvalue weighted by atomic mass is 10.3. The monoisotopic (exact) mass is 387 g/mol. The normalized spacial score (nSPS) is 11.1. The van der Waals surface area contributed by atoms with Gasteiger partial charge in [0.2, 0.25) is 5.91 Å². The highest BCUT2D eigenvalue weighted by Gasteiger charge is 2.14. The third kappa shape index (κ3) is 5.24. The van der Waals surface area contributed by atoms with Gasteiger partial charge < -0.3 is 9.64 Å². The molecule has 0 atom stereocenters. The average molecular weight is 387 g/mol. The summed E-state index contributed by atoms with van der Waals surface area (Å²) in [5.74, 6) is -0.218. The van der Waals surface area contributed by atoms with E-state index in [0.717, 1.165) is 15.2 Å². The molecule has 0 spiro atoms. The lowest BCUT2D eigenvalue weighted by Crippen LogP contribution is -2.38. The van der Waals surface area contributed by atoms with Gasteiger partial charge in [0.1, 0.15) is 11.6 Å². The zero-order valence-electron chi connectivity index (χ0n) is 15.4. The van der Waals surface area contributed by atoms with E-state index in [1.54, 1.807) is 41.5 Å². The number of hydrogen-bond donors (Lipinski definition) is 0. The summed E-state index contributed by atoms with van der Waals surface area (Å²) in [6.07, 6.45) is 0. The van der Waals surface area contributed by atoms with Crippen molar-refractivity contribution < 1.29 is 13.9 Å². The molecule has 0 saturated carbocycles. The number of para-hydroxylation sites is 2. The van der Waals surface area contributed by atoms with Crippen molar-refractivity contribution in [2.75, 3.05) is 33.8 Å². The van der Waals surface area contributed by atoms with Crippen molar-refractivity contribution >= 4 is 27.5 Å². The molecule has 0 fully saturated rings. The first kappa shape index (κ1) is 19.3. The van der Waals surface area contributed by atoms with Crippen LogP contribution >= 0.6 is 11.3 Å². The molecular formula is C20H22FN3O2S. The summed E-state index contributed by atoms with van der Waals surface area (Å²) in [6, 6.07) is 14.2. The molecule has 3 aromatic rings. The van der Waals surface area contributed by atoms with Gasteiger partial charge in [-0.2, -0.15) is 0 Å². The second-order valence-electron chi connectivity index (χ2n) is 6.34. The van der Waals surface area contributed by atoms with Gasteiger partial charge >= 0.3 is 0 Å². The number of amides is 1. The van der Waals surface area contributed by atoms with Gasteiger partial charge in [-0.15, -0.1) is 11.3 Å². The highest BCUT2D eigenvalue weighted by Crippen LogP contribution is 2.22. The van der Waals surface area contributed by atoms with Crippen LogP contribution in [0.3, 0.4) is 0 Å². The minimum absolute atomic E-state index is 0.0178. The average Bonchev–Trinajstić information content (AvgIpc) is 3.05. The second-order valence-corrected chi connectivity index (χ2v) is 7.46. The molecule has 0 bridgehead atoms. The van der Waals surface area contributed by atoms with Crippen LogP contribution in [0.1, 0.15) is 5.01 Å². The Hall–Kier alpha value is -2.51. The van der Waals surface area contributed by atoms with Gasteiger partial charge in [0.15, 0.2) is 11.6 Å². The van der Waals surface area contributed by atoms with Crippen LogP contribution in [0.15, 0.2) is 48.5 Å². The van der Waals surface area contributed by atoms with Gasteiger partial charge in [-0.05, 0) is 31.3 Å². The molecule has 0 radical (unpaired) electrons. The maximum atomic E-state index is 13.5. The van der Waals surface area contributed by atoms with Crippen molar-refractivity contribution in [3.05, 3.63) is 59.4 Å². The fraction of sp³-hybridized carbons (Fsp3) is 0.300. The fourth-order valence-corrected chi connectivity index (χ4v) is 3.65. The number of aromatic nitrogens is 1. The molecule has 2 aromatic carbocycles. The molecule has 1 heterocycles.